The van der Waals surface area contributed by atoms with Crippen LogP contribution in [0.2, 0.25) is 0 Å². The third-order valence-electron chi connectivity index (χ3n) is 5.00. The van der Waals surface area contributed by atoms with Crippen molar-refractivity contribution in [2.24, 2.45) is 0 Å². The van der Waals surface area contributed by atoms with Crippen LogP contribution in [0.1, 0.15) is 44.2 Å². The van der Waals surface area contributed by atoms with Crippen molar-refractivity contribution in [1.29, 1.82) is 0 Å². The molecule has 1 unspecified atom stereocenters. The predicted octanol–water partition coefficient (Wildman–Crippen LogP) is 2.23. The second-order valence-electron chi connectivity index (χ2n) is 7.76. The zero-order valence-corrected chi connectivity index (χ0v) is 16.8. The molecule has 7 heteroatoms. The minimum atomic E-state index is -0.0784. The van der Waals surface area contributed by atoms with Crippen LogP contribution in [0.3, 0.4) is 0 Å². The summed E-state index contributed by atoms with van der Waals surface area (Å²) in [4.78, 5) is 26.2. The molecule has 0 aromatic heterocycles. The minimum absolute atomic E-state index is 0.0413. The lowest BCUT2D eigenvalue weighted by molar-refractivity contribution is -0.121. The zero-order valence-electron chi connectivity index (χ0n) is 16.8. The molecule has 2 N–H and O–H groups in total. The van der Waals surface area contributed by atoms with Gasteiger partial charge in [-0.15, -0.1) is 0 Å². The van der Waals surface area contributed by atoms with Crippen molar-refractivity contribution in [2.75, 3.05) is 26.3 Å². The first kappa shape index (κ1) is 20.5. The van der Waals surface area contributed by atoms with Crippen LogP contribution in [0.15, 0.2) is 18.2 Å². The highest BCUT2D eigenvalue weighted by atomic mass is 16.5. The summed E-state index contributed by atoms with van der Waals surface area (Å²) in [5, 5.41) is 5.89. The number of amides is 3. The molecule has 0 saturated carbocycles. The average molecular weight is 389 g/mol. The van der Waals surface area contributed by atoms with Gasteiger partial charge in [0.1, 0.15) is 12.4 Å². The van der Waals surface area contributed by atoms with Gasteiger partial charge in [0.25, 0.3) is 0 Å². The van der Waals surface area contributed by atoms with Crippen LogP contribution >= 0.6 is 0 Å². The van der Waals surface area contributed by atoms with Crippen molar-refractivity contribution in [2.45, 2.75) is 58.2 Å². The van der Waals surface area contributed by atoms with Crippen molar-refractivity contribution in [3.63, 3.8) is 0 Å². The Morgan fingerprint density at radius 1 is 1.29 bits per heavy atom. The van der Waals surface area contributed by atoms with E-state index >= 15 is 0 Å². The van der Waals surface area contributed by atoms with Gasteiger partial charge in [-0.3, -0.25) is 4.79 Å². The topological polar surface area (TPSA) is 79.9 Å². The molecular formula is C21H31N3O4. The first-order chi connectivity index (χ1) is 13.5. The second kappa shape index (κ2) is 9.78. The highest BCUT2D eigenvalue weighted by Crippen LogP contribution is 2.25. The number of nitrogens with one attached hydrogen (secondary N) is 2. The molecule has 0 spiro atoms. The maximum absolute atomic E-state index is 12.3. The Labute approximate surface area is 166 Å². The number of hydrogen-bond acceptors (Lipinski definition) is 4. The normalized spacial score (nSPS) is 19.0. The van der Waals surface area contributed by atoms with Crippen molar-refractivity contribution in [3.8, 4) is 5.75 Å². The van der Waals surface area contributed by atoms with Gasteiger partial charge in [0, 0.05) is 31.2 Å². The molecule has 1 aromatic carbocycles. The smallest absolute Gasteiger partial charge is 0.318 e. The first-order valence-corrected chi connectivity index (χ1v) is 10.2. The number of rotatable bonds is 6. The summed E-state index contributed by atoms with van der Waals surface area (Å²) >= 11 is 0. The molecule has 1 atom stereocenters. The molecule has 28 heavy (non-hydrogen) atoms. The van der Waals surface area contributed by atoms with Gasteiger partial charge in [-0.1, -0.05) is 12.1 Å². The highest BCUT2D eigenvalue weighted by molar-refractivity contribution is 5.76. The summed E-state index contributed by atoms with van der Waals surface area (Å²) in [6.45, 7) is 6.82. The number of benzene rings is 1. The fourth-order valence-electron chi connectivity index (χ4n) is 3.49. The monoisotopic (exact) mass is 389 g/mol. The molecule has 2 aliphatic heterocycles. The Hall–Kier alpha value is -2.28. The molecule has 3 amide bonds. The van der Waals surface area contributed by atoms with E-state index in [0.717, 1.165) is 36.3 Å². The number of carbonyl (C=O) groups is 2. The number of urea groups is 1. The van der Waals surface area contributed by atoms with Crippen LogP contribution in [-0.2, 0) is 22.5 Å². The third-order valence-corrected chi connectivity index (χ3v) is 5.00. The van der Waals surface area contributed by atoms with Crippen LogP contribution in [0, 0.1) is 0 Å². The van der Waals surface area contributed by atoms with E-state index in [2.05, 4.69) is 10.6 Å². The van der Waals surface area contributed by atoms with Crippen LogP contribution in [0.5, 0.6) is 5.75 Å². The summed E-state index contributed by atoms with van der Waals surface area (Å²) in [6.07, 6.45) is 3.35. The first-order valence-electron chi connectivity index (χ1n) is 10.2. The maximum Gasteiger partial charge on any atom is 0.318 e. The maximum atomic E-state index is 12.3. The molecular weight excluding hydrogens is 358 g/mol. The number of nitrogens with zero attached hydrogens (tertiary/aromatic N) is 1. The largest absolute Gasteiger partial charge is 0.491 e. The number of ether oxygens (including phenoxy) is 2. The molecule has 1 fully saturated rings. The molecule has 2 aliphatic rings. The number of carbonyl (C=O) groups excluding carboxylic acids is 2. The highest BCUT2D eigenvalue weighted by Gasteiger charge is 2.21. The Kier molecular flexibility index (Phi) is 7.14. The van der Waals surface area contributed by atoms with Gasteiger partial charge < -0.3 is 25.0 Å². The molecule has 1 aromatic rings. The SMILES string of the molecule is CC(C)NC(=O)N1CCOc2ccc(CCC(=O)NCC3CCCO3)cc2C1. The Balaban J connectivity index is 1.53. The predicted molar refractivity (Wildman–Crippen MR) is 106 cm³/mol. The van der Waals surface area contributed by atoms with Gasteiger partial charge in [-0.25, -0.2) is 4.79 Å². The summed E-state index contributed by atoms with van der Waals surface area (Å²) in [5.74, 6) is 0.853. The lowest BCUT2D eigenvalue weighted by Gasteiger charge is -2.22. The van der Waals surface area contributed by atoms with Crippen LogP contribution in [0.25, 0.3) is 0 Å². The number of hydrogen-bond donors (Lipinski definition) is 2. The molecule has 3 rings (SSSR count). The molecule has 2 heterocycles. The Morgan fingerprint density at radius 2 is 2.14 bits per heavy atom. The van der Waals surface area contributed by atoms with Gasteiger partial charge in [-0.05, 0) is 44.7 Å². The molecule has 7 nitrogen and oxygen atoms in total. The zero-order chi connectivity index (χ0) is 19.9. The molecule has 0 aliphatic carbocycles. The molecule has 0 radical (unpaired) electrons. The Morgan fingerprint density at radius 3 is 2.89 bits per heavy atom. The van der Waals surface area contributed by atoms with Crippen LogP contribution < -0.4 is 15.4 Å². The number of fused-ring (bicyclic) bond motifs is 1. The minimum Gasteiger partial charge on any atom is -0.491 e. The molecule has 1 saturated heterocycles. The van der Waals surface area contributed by atoms with Crippen molar-refractivity contribution in [1.82, 2.24) is 15.5 Å². The van der Waals surface area contributed by atoms with Crippen LogP contribution in [0.4, 0.5) is 4.79 Å². The van der Waals surface area contributed by atoms with Gasteiger partial charge >= 0.3 is 6.03 Å². The molecule has 154 valence electrons. The lowest BCUT2D eigenvalue weighted by atomic mass is 10.0. The fraction of sp³-hybridized carbons (Fsp3) is 0.619. The van der Waals surface area contributed by atoms with E-state index in [1.807, 2.05) is 32.0 Å². The standard InChI is InChI=1S/C21H31N3O4/c1-15(2)23-21(26)24-9-11-28-19-7-5-16(12-17(19)14-24)6-8-20(25)22-13-18-4-3-10-27-18/h5,7,12,15,18H,3-4,6,8-11,13-14H2,1-2H3,(H,22,25)(H,23,26). The third kappa shape index (κ3) is 5.86. The molecule has 0 bridgehead atoms. The van der Waals surface area contributed by atoms with Crippen molar-refractivity contribution in [3.05, 3.63) is 29.3 Å². The average Bonchev–Trinajstić information content (AvgIpc) is 3.09. The van der Waals surface area contributed by atoms with E-state index in [1.165, 1.54) is 0 Å². The van der Waals surface area contributed by atoms with E-state index < -0.39 is 0 Å². The number of aryl methyl sites for hydroxylation is 1. The van der Waals surface area contributed by atoms with E-state index in [4.69, 9.17) is 9.47 Å². The summed E-state index contributed by atoms with van der Waals surface area (Å²) in [5.41, 5.74) is 2.05. The van der Waals surface area contributed by atoms with Gasteiger partial charge in [0.15, 0.2) is 0 Å². The van der Waals surface area contributed by atoms with Crippen molar-refractivity contribution < 1.29 is 19.1 Å². The van der Waals surface area contributed by atoms with Crippen LogP contribution in [-0.4, -0.2) is 55.3 Å². The quantitative estimate of drug-likeness (QED) is 0.782. The van der Waals surface area contributed by atoms with E-state index in [0.29, 0.717) is 39.1 Å². The Bertz CT molecular complexity index is 686. The van der Waals surface area contributed by atoms with E-state index in [1.54, 1.807) is 4.90 Å². The van der Waals surface area contributed by atoms with E-state index in [9.17, 15) is 9.59 Å². The lowest BCUT2D eigenvalue weighted by Crippen LogP contribution is -2.43. The van der Waals surface area contributed by atoms with E-state index in [-0.39, 0.29) is 24.1 Å². The van der Waals surface area contributed by atoms with Gasteiger partial charge in [0.05, 0.1) is 19.2 Å². The van der Waals surface area contributed by atoms with Gasteiger partial charge in [-0.2, -0.15) is 0 Å². The van der Waals surface area contributed by atoms with Crippen molar-refractivity contribution >= 4 is 11.9 Å². The summed E-state index contributed by atoms with van der Waals surface area (Å²) < 4.78 is 11.3. The van der Waals surface area contributed by atoms with Gasteiger partial charge in [0.2, 0.25) is 5.91 Å². The summed E-state index contributed by atoms with van der Waals surface area (Å²) in [7, 11) is 0. The summed E-state index contributed by atoms with van der Waals surface area (Å²) in [6, 6.07) is 6.00. The fourth-order valence-corrected chi connectivity index (χ4v) is 3.49. The second-order valence-corrected chi connectivity index (χ2v) is 7.76.